The molecule has 0 saturated heterocycles. The van der Waals surface area contributed by atoms with E-state index in [1.54, 1.807) is 19.2 Å². The van der Waals surface area contributed by atoms with Gasteiger partial charge in [-0.2, -0.15) is 0 Å². The van der Waals surface area contributed by atoms with Crippen molar-refractivity contribution in [3.8, 4) is 0 Å². The first-order valence-corrected chi connectivity index (χ1v) is 6.75. The molecule has 0 bridgehead atoms. The lowest BCUT2D eigenvalue weighted by molar-refractivity contribution is -0.132. The van der Waals surface area contributed by atoms with E-state index in [4.69, 9.17) is 17.3 Å². The quantitative estimate of drug-likeness (QED) is 0.924. The van der Waals surface area contributed by atoms with Gasteiger partial charge in [0.2, 0.25) is 5.91 Å². The summed E-state index contributed by atoms with van der Waals surface area (Å²) in [6.45, 7) is 0.167. The van der Waals surface area contributed by atoms with Gasteiger partial charge in [-0.1, -0.05) is 17.7 Å². The number of carbonyl (C=O) groups excluding carboxylic acids is 1. The van der Waals surface area contributed by atoms with E-state index in [2.05, 4.69) is 0 Å². The molecule has 1 saturated carbocycles. The zero-order chi connectivity index (χ0) is 14.0. The minimum absolute atomic E-state index is 0.0680. The molecule has 0 atom stereocenters. The van der Waals surface area contributed by atoms with Crippen LogP contribution in [0.5, 0.6) is 0 Å². The summed E-state index contributed by atoms with van der Waals surface area (Å²) in [5.74, 6) is -0.459. The van der Waals surface area contributed by atoms with Crippen LogP contribution in [0.25, 0.3) is 0 Å². The lowest BCUT2D eigenvalue weighted by atomic mass is 9.75. The first-order chi connectivity index (χ1) is 8.91. The summed E-state index contributed by atoms with van der Waals surface area (Å²) in [7, 11) is 1.65. The normalized spacial score (nSPS) is 16.8. The van der Waals surface area contributed by atoms with Crippen LogP contribution in [0.1, 0.15) is 31.2 Å². The highest BCUT2D eigenvalue weighted by Crippen LogP contribution is 2.32. The Kier molecular flexibility index (Phi) is 4.11. The molecule has 2 rings (SSSR count). The highest BCUT2D eigenvalue weighted by molar-refractivity contribution is 6.31. The number of amides is 1. The molecule has 1 amide bonds. The number of rotatable bonds is 4. The van der Waals surface area contributed by atoms with Gasteiger partial charge in [0.05, 0.1) is 0 Å². The van der Waals surface area contributed by atoms with Gasteiger partial charge in [0.25, 0.3) is 0 Å². The molecular weight excluding hydrogens is 267 g/mol. The van der Waals surface area contributed by atoms with E-state index in [0.29, 0.717) is 17.0 Å². The Bertz CT molecular complexity index is 468. The third-order valence-electron chi connectivity index (χ3n) is 3.74. The van der Waals surface area contributed by atoms with Crippen molar-refractivity contribution in [1.29, 1.82) is 0 Å². The summed E-state index contributed by atoms with van der Waals surface area (Å²) >= 11 is 5.95. The average Bonchev–Trinajstić information content (AvgIpc) is 2.31. The van der Waals surface area contributed by atoms with Crippen LogP contribution < -0.4 is 5.73 Å². The van der Waals surface area contributed by atoms with Crippen molar-refractivity contribution >= 4 is 17.5 Å². The van der Waals surface area contributed by atoms with E-state index in [9.17, 15) is 9.18 Å². The van der Waals surface area contributed by atoms with Gasteiger partial charge in [-0.3, -0.25) is 4.79 Å². The van der Waals surface area contributed by atoms with Crippen LogP contribution in [0.4, 0.5) is 4.39 Å². The molecule has 5 heteroatoms. The number of hydrogen-bond donors (Lipinski definition) is 1. The van der Waals surface area contributed by atoms with Gasteiger partial charge in [-0.25, -0.2) is 4.39 Å². The molecule has 1 aliphatic rings. The van der Waals surface area contributed by atoms with Crippen LogP contribution in [0, 0.1) is 5.82 Å². The molecule has 1 aliphatic carbocycles. The smallest absolute Gasteiger partial charge is 0.224 e. The fraction of sp³-hybridized carbons (Fsp3) is 0.500. The van der Waals surface area contributed by atoms with E-state index in [0.717, 1.165) is 19.3 Å². The van der Waals surface area contributed by atoms with Crippen molar-refractivity contribution in [3.05, 3.63) is 34.6 Å². The highest BCUT2D eigenvalue weighted by Gasteiger charge is 2.35. The zero-order valence-electron chi connectivity index (χ0n) is 11.0. The Balaban J connectivity index is 2.00. The number of nitrogens with zero attached hydrogens (tertiary/aromatic N) is 1. The maximum Gasteiger partial charge on any atom is 0.224 e. The SMILES string of the molecule is CN(Cc1c(F)cccc1Cl)C(=O)CC1(N)CCC1. The standard InChI is InChI=1S/C14H18ClFN2O/c1-18(13(19)8-14(17)6-3-7-14)9-10-11(15)4-2-5-12(10)16/h2,4-5H,3,6-9,17H2,1H3. The molecule has 19 heavy (non-hydrogen) atoms. The summed E-state index contributed by atoms with van der Waals surface area (Å²) in [5, 5.41) is 0.339. The van der Waals surface area contributed by atoms with Crippen molar-refractivity contribution in [2.45, 2.75) is 37.8 Å². The lowest BCUT2D eigenvalue weighted by Gasteiger charge is -2.38. The second-order valence-corrected chi connectivity index (χ2v) is 5.75. The lowest BCUT2D eigenvalue weighted by Crippen LogP contribution is -2.50. The molecule has 3 nitrogen and oxygen atoms in total. The Morgan fingerprint density at radius 2 is 2.21 bits per heavy atom. The molecule has 0 radical (unpaired) electrons. The van der Waals surface area contributed by atoms with E-state index < -0.39 is 5.82 Å². The number of carbonyl (C=O) groups is 1. The van der Waals surface area contributed by atoms with Crippen molar-refractivity contribution in [3.63, 3.8) is 0 Å². The van der Waals surface area contributed by atoms with Crippen molar-refractivity contribution < 1.29 is 9.18 Å². The molecular formula is C14H18ClFN2O. The van der Waals surface area contributed by atoms with E-state index in [-0.39, 0.29) is 18.0 Å². The van der Waals surface area contributed by atoms with Gasteiger partial charge < -0.3 is 10.6 Å². The average molecular weight is 285 g/mol. The topological polar surface area (TPSA) is 46.3 Å². The Morgan fingerprint density at radius 3 is 2.74 bits per heavy atom. The fourth-order valence-electron chi connectivity index (χ4n) is 2.25. The van der Waals surface area contributed by atoms with Crippen LogP contribution in [0.3, 0.4) is 0 Å². The molecule has 0 unspecified atom stereocenters. The number of nitrogens with two attached hydrogens (primary N) is 1. The molecule has 1 aromatic carbocycles. The Hall–Kier alpha value is -1.13. The van der Waals surface area contributed by atoms with Crippen LogP contribution >= 0.6 is 11.6 Å². The minimum Gasteiger partial charge on any atom is -0.341 e. The van der Waals surface area contributed by atoms with Gasteiger partial charge in [-0.05, 0) is 31.4 Å². The number of benzene rings is 1. The zero-order valence-corrected chi connectivity index (χ0v) is 11.7. The van der Waals surface area contributed by atoms with Gasteiger partial charge in [-0.15, -0.1) is 0 Å². The van der Waals surface area contributed by atoms with Crippen LogP contribution in [0.2, 0.25) is 5.02 Å². The number of hydrogen-bond acceptors (Lipinski definition) is 2. The van der Waals surface area contributed by atoms with Crippen molar-refractivity contribution in [2.24, 2.45) is 5.73 Å². The summed E-state index contributed by atoms with van der Waals surface area (Å²) < 4.78 is 13.6. The van der Waals surface area contributed by atoms with Crippen LogP contribution in [-0.2, 0) is 11.3 Å². The van der Waals surface area contributed by atoms with E-state index in [1.165, 1.54) is 11.0 Å². The summed E-state index contributed by atoms with van der Waals surface area (Å²) in [4.78, 5) is 13.5. The minimum atomic E-state index is -0.391. The molecule has 0 aromatic heterocycles. The fourth-order valence-corrected chi connectivity index (χ4v) is 2.48. The summed E-state index contributed by atoms with van der Waals surface area (Å²) in [5.41, 5.74) is 6.04. The maximum absolute atomic E-state index is 13.6. The molecule has 0 aliphatic heterocycles. The summed E-state index contributed by atoms with van der Waals surface area (Å²) in [6.07, 6.45) is 3.16. The summed E-state index contributed by atoms with van der Waals surface area (Å²) in [6, 6.07) is 4.51. The van der Waals surface area contributed by atoms with Crippen LogP contribution in [0.15, 0.2) is 18.2 Å². The second kappa shape index (κ2) is 5.47. The number of halogens is 2. The van der Waals surface area contributed by atoms with E-state index in [1.807, 2.05) is 0 Å². The third kappa shape index (κ3) is 3.25. The predicted molar refractivity (Wildman–Crippen MR) is 73.3 cm³/mol. The van der Waals surface area contributed by atoms with Gasteiger partial charge >= 0.3 is 0 Å². The van der Waals surface area contributed by atoms with Crippen LogP contribution in [-0.4, -0.2) is 23.4 Å². The molecule has 1 fully saturated rings. The second-order valence-electron chi connectivity index (χ2n) is 5.34. The van der Waals surface area contributed by atoms with E-state index >= 15 is 0 Å². The first-order valence-electron chi connectivity index (χ1n) is 6.37. The van der Waals surface area contributed by atoms with Crippen molar-refractivity contribution in [2.75, 3.05) is 7.05 Å². The molecule has 2 N–H and O–H groups in total. The predicted octanol–water partition coefficient (Wildman–Crippen LogP) is 2.71. The maximum atomic E-state index is 13.6. The van der Waals surface area contributed by atoms with Gasteiger partial charge in [0.15, 0.2) is 0 Å². The first kappa shape index (κ1) is 14.3. The molecule has 0 heterocycles. The monoisotopic (exact) mass is 284 g/mol. The third-order valence-corrected chi connectivity index (χ3v) is 4.09. The molecule has 104 valence electrons. The highest BCUT2D eigenvalue weighted by atomic mass is 35.5. The van der Waals surface area contributed by atoms with Crippen molar-refractivity contribution in [1.82, 2.24) is 4.90 Å². The molecule has 1 aromatic rings. The van der Waals surface area contributed by atoms with Gasteiger partial charge in [0.1, 0.15) is 5.82 Å². The largest absolute Gasteiger partial charge is 0.341 e. The Morgan fingerprint density at radius 1 is 1.53 bits per heavy atom. The van der Waals surface area contributed by atoms with Gasteiger partial charge in [0, 0.05) is 36.1 Å². The molecule has 0 spiro atoms. The Labute approximate surface area is 117 Å².